The summed E-state index contributed by atoms with van der Waals surface area (Å²) < 4.78 is 5.03. The van der Waals surface area contributed by atoms with Crippen molar-refractivity contribution in [3.63, 3.8) is 0 Å². The topological polar surface area (TPSA) is 54.5 Å². The molecule has 0 spiro atoms. The maximum atomic E-state index is 12.7. The summed E-state index contributed by atoms with van der Waals surface area (Å²) in [6.45, 7) is 2.61. The predicted octanol–water partition coefficient (Wildman–Crippen LogP) is 2.48. The van der Waals surface area contributed by atoms with Crippen LogP contribution in [0.15, 0.2) is 42.6 Å². The number of aromatic nitrogens is 1. The second-order valence-corrected chi connectivity index (χ2v) is 5.32. The van der Waals surface area contributed by atoms with Crippen LogP contribution < -0.4 is 15.0 Å². The molecule has 2 aromatic rings. The molecular weight excluding hydrogens is 278 g/mol. The molecule has 0 radical (unpaired) electrons. The van der Waals surface area contributed by atoms with Gasteiger partial charge in [0.15, 0.2) is 0 Å². The lowest BCUT2D eigenvalue weighted by atomic mass is 10.2. The summed E-state index contributed by atoms with van der Waals surface area (Å²) in [5, 5.41) is 3.19. The number of benzene rings is 1. The number of fused-ring (bicyclic) bond motifs is 1. The van der Waals surface area contributed by atoms with Gasteiger partial charge in [-0.3, -0.25) is 4.79 Å². The zero-order valence-corrected chi connectivity index (χ0v) is 12.7. The number of hydrogen-bond acceptors (Lipinski definition) is 4. The number of anilines is 2. The van der Waals surface area contributed by atoms with Crippen molar-refractivity contribution < 1.29 is 9.53 Å². The highest BCUT2D eigenvalue weighted by atomic mass is 16.5. The van der Waals surface area contributed by atoms with Crippen LogP contribution in [0.2, 0.25) is 0 Å². The van der Waals surface area contributed by atoms with Gasteiger partial charge in [0.1, 0.15) is 6.04 Å². The number of carbonyl (C=O) groups excluding carboxylic acids is 1. The van der Waals surface area contributed by atoms with Gasteiger partial charge in [0.05, 0.1) is 19.0 Å². The van der Waals surface area contributed by atoms with Gasteiger partial charge >= 0.3 is 0 Å². The number of para-hydroxylation sites is 1. The molecule has 5 heteroatoms. The van der Waals surface area contributed by atoms with Gasteiger partial charge in [-0.1, -0.05) is 18.2 Å². The first-order chi connectivity index (χ1) is 10.7. The highest BCUT2D eigenvalue weighted by molar-refractivity contribution is 6.00. The van der Waals surface area contributed by atoms with Crippen molar-refractivity contribution in [1.29, 1.82) is 0 Å². The molecule has 1 N–H and O–H groups in total. The molecule has 114 valence electrons. The number of hydrogen-bond donors (Lipinski definition) is 1. The van der Waals surface area contributed by atoms with E-state index in [0.717, 1.165) is 24.3 Å². The highest BCUT2D eigenvalue weighted by Crippen LogP contribution is 2.28. The lowest BCUT2D eigenvalue weighted by Crippen LogP contribution is -2.40. The Morgan fingerprint density at radius 3 is 2.86 bits per heavy atom. The normalized spacial score (nSPS) is 14.4. The van der Waals surface area contributed by atoms with Crippen molar-refractivity contribution >= 4 is 17.3 Å². The Hall–Kier alpha value is -2.56. The average Bonchev–Trinajstić information content (AvgIpc) is 2.99. The predicted molar refractivity (Wildman–Crippen MR) is 86.4 cm³/mol. The van der Waals surface area contributed by atoms with Gasteiger partial charge in [-0.2, -0.15) is 0 Å². The molecule has 3 rings (SSSR count). The average molecular weight is 297 g/mol. The number of ether oxygens (including phenoxy) is 1. The Balaban J connectivity index is 1.70. The number of nitrogens with one attached hydrogen (secondary N) is 1. The van der Waals surface area contributed by atoms with Gasteiger partial charge in [-0.25, -0.2) is 4.98 Å². The van der Waals surface area contributed by atoms with Crippen LogP contribution in [0.1, 0.15) is 12.5 Å². The van der Waals surface area contributed by atoms with E-state index in [0.29, 0.717) is 5.88 Å². The van der Waals surface area contributed by atoms with E-state index >= 15 is 0 Å². The number of carbonyl (C=O) groups is 1. The quantitative estimate of drug-likeness (QED) is 0.942. The minimum Gasteiger partial charge on any atom is -0.481 e. The number of methoxy groups -OCH3 is 1. The van der Waals surface area contributed by atoms with E-state index in [-0.39, 0.29) is 11.9 Å². The highest BCUT2D eigenvalue weighted by Gasteiger charge is 2.27. The molecule has 1 aliphatic heterocycles. The summed E-state index contributed by atoms with van der Waals surface area (Å²) >= 11 is 0. The van der Waals surface area contributed by atoms with Crippen molar-refractivity contribution in [2.75, 3.05) is 23.9 Å². The lowest BCUT2D eigenvalue weighted by molar-refractivity contribution is -0.118. The second kappa shape index (κ2) is 6.05. The largest absolute Gasteiger partial charge is 0.481 e. The molecule has 0 fully saturated rings. The van der Waals surface area contributed by atoms with Crippen molar-refractivity contribution in [2.45, 2.75) is 19.4 Å². The maximum absolute atomic E-state index is 12.7. The molecule has 22 heavy (non-hydrogen) atoms. The van der Waals surface area contributed by atoms with Gasteiger partial charge in [-0.15, -0.1) is 0 Å². The van der Waals surface area contributed by atoms with E-state index in [1.54, 1.807) is 19.4 Å². The van der Waals surface area contributed by atoms with Gasteiger partial charge in [0.25, 0.3) is 0 Å². The summed E-state index contributed by atoms with van der Waals surface area (Å²) in [6, 6.07) is 11.4. The summed E-state index contributed by atoms with van der Waals surface area (Å²) in [6.07, 6.45) is 2.58. The van der Waals surface area contributed by atoms with Crippen molar-refractivity contribution in [2.24, 2.45) is 0 Å². The van der Waals surface area contributed by atoms with Crippen LogP contribution in [0.25, 0.3) is 0 Å². The minimum absolute atomic E-state index is 0.0702. The first-order valence-electron chi connectivity index (χ1n) is 7.35. The van der Waals surface area contributed by atoms with E-state index < -0.39 is 0 Å². The van der Waals surface area contributed by atoms with Gasteiger partial charge in [0, 0.05) is 18.3 Å². The molecule has 0 aliphatic carbocycles. The van der Waals surface area contributed by atoms with E-state index in [9.17, 15) is 4.79 Å². The SMILES string of the molecule is COc1ccc(N[C@@H](C)C(=O)N2CCc3ccccc32)cn1. The Labute approximate surface area is 129 Å². The number of amides is 1. The third kappa shape index (κ3) is 2.74. The summed E-state index contributed by atoms with van der Waals surface area (Å²) in [7, 11) is 1.58. The van der Waals surface area contributed by atoms with Gasteiger partial charge in [0.2, 0.25) is 11.8 Å². The smallest absolute Gasteiger partial charge is 0.249 e. The lowest BCUT2D eigenvalue weighted by Gasteiger charge is -2.23. The van der Waals surface area contributed by atoms with Crippen LogP contribution in [0.4, 0.5) is 11.4 Å². The molecule has 1 amide bonds. The van der Waals surface area contributed by atoms with Crippen LogP contribution in [0, 0.1) is 0 Å². The van der Waals surface area contributed by atoms with E-state index in [1.165, 1.54) is 5.56 Å². The molecule has 1 aliphatic rings. The Kier molecular flexibility index (Phi) is 3.96. The Bertz CT molecular complexity index is 670. The van der Waals surface area contributed by atoms with Crippen LogP contribution in [-0.4, -0.2) is 30.6 Å². The third-order valence-electron chi connectivity index (χ3n) is 3.85. The molecular formula is C17H19N3O2. The fourth-order valence-corrected chi connectivity index (χ4v) is 2.70. The zero-order chi connectivity index (χ0) is 15.5. The summed E-state index contributed by atoms with van der Waals surface area (Å²) in [5.74, 6) is 0.624. The van der Waals surface area contributed by atoms with E-state index in [1.807, 2.05) is 36.1 Å². The summed E-state index contributed by atoms with van der Waals surface area (Å²) in [4.78, 5) is 18.6. The molecule has 5 nitrogen and oxygen atoms in total. The summed E-state index contributed by atoms with van der Waals surface area (Å²) in [5.41, 5.74) is 3.05. The Morgan fingerprint density at radius 2 is 2.14 bits per heavy atom. The number of nitrogens with zero attached hydrogens (tertiary/aromatic N) is 2. The molecule has 1 aromatic heterocycles. The molecule has 2 heterocycles. The van der Waals surface area contributed by atoms with Crippen LogP contribution in [0.5, 0.6) is 5.88 Å². The number of rotatable bonds is 4. The zero-order valence-electron chi connectivity index (χ0n) is 12.7. The van der Waals surface area contributed by atoms with Gasteiger partial charge in [-0.05, 0) is 31.0 Å². The third-order valence-corrected chi connectivity index (χ3v) is 3.85. The van der Waals surface area contributed by atoms with Crippen LogP contribution >= 0.6 is 0 Å². The minimum atomic E-state index is -0.318. The first-order valence-corrected chi connectivity index (χ1v) is 7.35. The number of pyridine rings is 1. The van der Waals surface area contributed by atoms with E-state index in [2.05, 4.69) is 16.4 Å². The molecule has 0 bridgehead atoms. The molecule has 0 saturated carbocycles. The fourth-order valence-electron chi connectivity index (χ4n) is 2.70. The van der Waals surface area contributed by atoms with E-state index in [4.69, 9.17) is 4.74 Å². The molecule has 0 saturated heterocycles. The van der Waals surface area contributed by atoms with Crippen molar-refractivity contribution in [1.82, 2.24) is 4.98 Å². The Morgan fingerprint density at radius 1 is 1.32 bits per heavy atom. The standard InChI is InChI=1S/C17H19N3O2/c1-12(19-14-7-8-16(22-2)18-11-14)17(21)20-10-9-13-5-3-4-6-15(13)20/h3-8,11-12,19H,9-10H2,1-2H3/t12-/m0/s1. The van der Waals surface area contributed by atoms with Crippen molar-refractivity contribution in [3.05, 3.63) is 48.2 Å². The molecule has 1 aromatic carbocycles. The first kappa shape index (κ1) is 14.4. The fraction of sp³-hybridized carbons (Fsp3) is 0.294. The van der Waals surface area contributed by atoms with Gasteiger partial charge < -0.3 is 15.0 Å². The monoisotopic (exact) mass is 297 g/mol. The van der Waals surface area contributed by atoms with Crippen LogP contribution in [0.3, 0.4) is 0 Å². The second-order valence-electron chi connectivity index (χ2n) is 5.32. The molecule has 1 atom stereocenters. The maximum Gasteiger partial charge on any atom is 0.249 e. The molecule has 0 unspecified atom stereocenters. The van der Waals surface area contributed by atoms with Crippen molar-refractivity contribution in [3.8, 4) is 5.88 Å². The van der Waals surface area contributed by atoms with Crippen LogP contribution in [-0.2, 0) is 11.2 Å².